The lowest BCUT2D eigenvalue weighted by Crippen LogP contribution is -2.20. The van der Waals surface area contributed by atoms with Gasteiger partial charge in [0.2, 0.25) is 0 Å². The zero-order chi connectivity index (χ0) is 31.1. The molecule has 0 aliphatic carbocycles. The van der Waals surface area contributed by atoms with Crippen LogP contribution in [0.3, 0.4) is 0 Å². The molecule has 5 rings (SSSR count). The first-order chi connectivity index (χ1) is 21.3. The van der Waals surface area contributed by atoms with Crippen LogP contribution in [0.25, 0.3) is 16.5 Å². The molecule has 1 N–H and O–H groups in total. The smallest absolute Gasteiger partial charge is 0.308 e. The molecule has 0 aliphatic heterocycles. The monoisotopic (exact) mass is 649 g/mol. The summed E-state index contributed by atoms with van der Waals surface area (Å²) in [6.45, 7) is 1.40. The predicted octanol–water partition coefficient (Wildman–Crippen LogP) is 6.48. The number of fused-ring (bicyclic) bond motifs is 1. The van der Waals surface area contributed by atoms with Crippen molar-refractivity contribution in [3.05, 3.63) is 100 Å². The standard InChI is InChI=1S/C31H25Cl2N5O5S/c1-19(39)43-27-12-7-20(13-28(27)41-2)16-34-36-30(40)18-44-31-37-35-29(38(31)26-11-9-23(32)15-25(26)33)17-42-24-10-8-21-5-3-4-6-22(21)14-24/h3-16H,17-18H2,1-2H3,(H,36,40)/b34-16-. The third-order valence-corrected chi connectivity index (χ3v) is 7.58. The van der Waals surface area contributed by atoms with Crippen LogP contribution in [0.1, 0.15) is 18.3 Å². The molecule has 1 amide bonds. The van der Waals surface area contributed by atoms with Crippen LogP contribution >= 0.6 is 35.0 Å². The number of ether oxygens (including phenoxy) is 3. The Morgan fingerprint density at radius 3 is 2.57 bits per heavy atom. The Morgan fingerprint density at radius 1 is 0.977 bits per heavy atom. The van der Waals surface area contributed by atoms with E-state index in [2.05, 4.69) is 20.7 Å². The van der Waals surface area contributed by atoms with Crippen molar-refractivity contribution in [1.29, 1.82) is 0 Å². The number of hydrazone groups is 1. The highest BCUT2D eigenvalue weighted by Crippen LogP contribution is 2.31. The number of carbonyl (C=O) groups excluding carboxylic acids is 2. The van der Waals surface area contributed by atoms with Gasteiger partial charge in [-0.2, -0.15) is 5.10 Å². The highest BCUT2D eigenvalue weighted by atomic mass is 35.5. The molecule has 0 spiro atoms. The molecule has 5 aromatic rings. The van der Waals surface area contributed by atoms with E-state index < -0.39 is 5.97 Å². The van der Waals surface area contributed by atoms with Crippen LogP contribution in [-0.4, -0.2) is 45.7 Å². The second-order valence-corrected chi connectivity index (χ2v) is 11.0. The average Bonchev–Trinajstić information content (AvgIpc) is 3.41. The number of thioether (sulfide) groups is 1. The maximum Gasteiger partial charge on any atom is 0.308 e. The molecule has 13 heteroatoms. The summed E-state index contributed by atoms with van der Waals surface area (Å²) < 4.78 is 18.2. The molecule has 0 unspecified atom stereocenters. The fraction of sp³-hybridized carbons (Fsp3) is 0.129. The largest absolute Gasteiger partial charge is 0.493 e. The number of carbonyl (C=O) groups is 2. The molecule has 0 atom stereocenters. The lowest BCUT2D eigenvalue weighted by Gasteiger charge is -2.13. The second-order valence-electron chi connectivity index (χ2n) is 9.21. The van der Waals surface area contributed by atoms with Gasteiger partial charge in [-0.3, -0.25) is 14.2 Å². The van der Waals surface area contributed by atoms with Crippen LogP contribution in [0, 0.1) is 0 Å². The van der Waals surface area contributed by atoms with Gasteiger partial charge < -0.3 is 14.2 Å². The molecular formula is C31H25Cl2N5O5S. The van der Waals surface area contributed by atoms with E-state index >= 15 is 0 Å². The highest BCUT2D eigenvalue weighted by molar-refractivity contribution is 7.99. The van der Waals surface area contributed by atoms with Crippen LogP contribution in [0.15, 0.2) is 89.1 Å². The Bertz CT molecular complexity index is 1860. The van der Waals surface area contributed by atoms with E-state index in [9.17, 15) is 9.59 Å². The molecule has 0 radical (unpaired) electrons. The number of halogens is 2. The number of nitrogens with one attached hydrogen (secondary N) is 1. The number of esters is 1. The number of hydrogen-bond donors (Lipinski definition) is 1. The zero-order valence-electron chi connectivity index (χ0n) is 23.5. The molecule has 1 aromatic heterocycles. The minimum Gasteiger partial charge on any atom is -0.493 e. The number of amides is 1. The Labute approximate surface area is 266 Å². The highest BCUT2D eigenvalue weighted by Gasteiger charge is 2.19. The summed E-state index contributed by atoms with van der Waals surface area (Å²) in [6, 6.07) is 23.8. The predicted molar refractivity (Wildman–Crippen MR) is 170 cm³/mol. The molecule has 224 valence electrons. The Hall–Kier alpha value is -4.58. The number of hydrogen-bond acceptors (Lipinski definition) is 9. The van der Waals surface area contributed by atoms with Crippen molar-refractivity contribution in [2.75, 3.05) is 12.9 Å². The molecular weight excluding hydrogens is 625 g/mol. The van der Waals surface area contributed by atoms with Gasteiger partial charge >= 0.3 is 5.97 Å². The molecule has 0 saturated heterocycles. The molecule has 0 fully saturated rings. The molecule has 0 saturated carbocycles. The average molecular weight is 651 g/mol. The summed E-state index contributed by atoms with van der Waals surface area (Å²) >= 11 is 13.8. The van der Waals surface area contributed by atoms with E-state index in [1.54, 1.807) is 41.0 Å². The van der Waals surface area contributed by atoms with Gasteiger partial charge in [-0.25, -0.2) is 5.43 Å². The second kappa shape index (κ2) is 14.3. The van der Waals surface area contributed by atoms with Gasteiger partial charge in [-0.05, 0) is 64.9 Å². The summed E-state index contributed by atoms with van der Waals surface area (Å²) in [5.41, 5.74) is 3.70. The van der Waals surface area contributed by atoms with E-state index in [0.29, 0.717) is 43.8 Å². The third kappa shape index (κ3) is 7.67. The van der Waals surface area contributed by atoms with Gasteiger partial charge in [0, 0.05) is 11.9 Å². The van der Waals surface area contributed by atoms with E-state index in [0.717, 1.165) is 22.5 Å². The molecule has 1 heterocycles. The van der Waals surface area contributed by atoms with Gasteiger partial charge in [-0.15, -0.1) is 10.2 Å². The summed E-state index contributed by atoms with van der Waals surface area (Å²) in [4.78, 5) is 23.9. The van der Waals surface area contributed by atoms with Gasteiger partial charge in [0.15, 0.2) is 22.5 Å². The van der Waals surface area contributed by atoms with Gasteiger partial charge in [0.25, 0.3) is 5.91 Å². The van der Waals surface area contributed by atoms with Crippen molar-refractivity contribution in [2.45, 2.75) is 18.7 Å². The van der Waals surface area contributed by atoms with Crippen LogP contribution in [-0.2, 0) is 16.2 Å². The van der Waals surface area contributed by atoms with Crippen molar-refractivity contribution < 1.29 is 23.8 Å². The maximum atomic E-state index is 12.6. The van der Waals surface area contributed by atoms with Crippen molar-refractivity contribution in [2.24, 2.45) is 5.10 Å². The summed E-state index contributed by atoms with van der Waals surface area (Å²) in [5, 5.41) is 16.1. The minimum absolute atomic E-state index is 0.0130. The van der Waals surface area contributed by atoms with Gasteiger partial charge in [0.05, 0.1) is 29.8 Å². The molecule has 44 heavy (non-hydrogen) atoms. The lowest BCUT2D eigenvalue weighted by molar-refractivity contribution is -0.132. The number of rotatable bonds is 11. The fourth-order valence-corrected chi connectivity index (χ4v) is 5.39. The first-order valence-corrected chi connectivity index (χ1v) is 14.9. The van der Waals surface area contributed by atoms with Crippen molar-refractivity contribution in [1.82, 2.24) is 20.2 Å². The number of aromatic nitrogens is 3. The topological polar surface area (TPSA) is 117 Å². The van der Waals surface area contributed by atoms with Crippen LogP contribution < -0.4 is 19.6 Å². The summed E-state index contributed by atoms with van der Waals surface area (Å²) in [5.74, 6) is 0.936. The van der Waals surface area contributed by atoms with Crippen LogP contribution in [0.5, 0.6) is 17.2 Å². The molecule has 4 aromatic carbocycles. The Balaban J connectivity index is 1.28. The van der Waals surface area contributed by atoms with Crippen molar-refractivity contribution in [3.8, 4) is 22.9 Å². The van der Waals surface area contributed by atoms with E-state index in [-0.39, 0.29) is 24.0 Å². The van der Waals surface area contributed by atoms with Gasteiger partial charge in [0.1, 0.15) is 12.4 Å². The molecule has 10 nitrogen and oxygen atoms in total. The first-order valence-electron chi connectivity index (χ1n) is 13.1. The Morgan fingerprint density at radius 2 is 1.80 bits per heavy atom. The first kappa shape index (κ1) is 30.9. The number of benzene rings is 4. The van der Waals surface area contributed by atoms with Crippen LogP contribution in [0.4, 0.5) is 0 Å². The lowest BCUT2D eigenvalue weighted by atomic mass is 10.1. The molecule has 0 aliphatic rings. The Kier molecular flexibility index (Phi) is 10.0. The van der Waals surface area contributed by atoms with Gasteiger partial charge in [-0.1, -0.05) is 65.3 Å². The third-order valence-electron chi connectivity index (χ3n) is 6.12. The number of methoxy groups -OCH3 is 1. The van der Waals surface area contributed by atoms with E-state index in [4.69, 9.17) is 37.4 Å². The summed E-state index contributed by atoms with van der Waals surface area (Å²) in [7, 11) is 1.46. The quantitative estimate of drug-likeness (QED) is 0.0568. The summed E-state index contributed by atoms with van der Waals surface area (Å²) in [6.07, 6.45) is 1.45. The number of nitrogens with zero attached hydrogens (tertiary/aromatic N) is 4. The molecule has 0 bridgehead atoms. The minimum atomic E-state index is -0.465. The zero-order valence-corrected chi connectivity index (χ0v) is 25.8. The maximum absolute atomic E-state index is 12.6. The van der Waals surface area contributed by atoms with E-state index in [1.165, 1.54) is 20.2 Å². The van der Waals surface area contributed by atoms with E-state index in [1.807, 2.05) is 42.5 Å². The normalized spacial score (nSPS) is 11.1. The van der Waals surface area contributed by atoms with Crippen molar-refractivity contribution in [3.63, 3.8) is 0 Å². The SMILES string of the molecule is COc1cc(/C=N\NC(=O)CSc2nnc(COc3ccc4ccccc4c3)n2-c2ccc(Cl)cc2Cl)ccc1OC(C)=O. The van der Waals surface area contributed by atoms with Crippen LogP contribution in [0.2, 0.25) is 10.0 Å². The fourth-order valence-electron chi connectivity index (χ4n) is 4.14. The van der Waals surface area contributed by atoms with Crippen molar-refractivity contribution >= 4 is 63.8 Å².